The number of carboxylic acid groups (broad SMARTS) is 3. The zero-order chi connectivity index (χ0) is 29.3. The van der Waals surface area contributed by atoms with Crippen molar-refractivity contribution < 1.29 is 44.1 Å². The van der Waals surface area contributed by atoms with E-state index in [0.717, 1.165) is 10.9 Å². The highest BCUT2D eigenvalue weighted by Crippen LogP contribution is 2.19. The molecule has 212 valence electrons. The third-order valence-electron chi connectivity index (χ3n) is 5.98. The summed E-state index contributed by atoms with van der Waals surface area (Å²) in [4.78, 5) is 75.4. The Morgan fingerprint density at radius 1 is 0.872 bits per heavy atom. The highest BCUT2D eigenvalue weighted by molar-refractivity contribution is 5.96. The van der Waals surface area contributed by atoms with Crippen LogP contribution in [-0.2, 0) is 35.2 Å². The molecule has 4 atom stereocenters. The van der Waals surface area contributed by atoms with Gasteiger partial charge in [-0.3, -0.25) is 24.0 Å². The number of hydrogen-bond donors (Lipinski definition) is 8. The number of benzene rings is 1. The molecule has 0 fully saturated rings. The first kappa shape index (κ1) is 30.8. The van der Waals surface area contributed by atoms with Crippen molar-refractivity contribution in [3.8, 4) is 0 Å². The maximum Gasteiger partial charge on any atom is 0.326 e. The van der Waals surface area contributed by atoms with Crippen molar-refractivity contribution in [3.63, 3.8) is 0 Å². The lowest BCUT2D eigenvalue weighted by molar-refractivity contribution is -0.144. The number of carbonyl (C=O) groups excluding carboxylic acids is 3. The SMILES string of the molecule is CC(C)C(NC(=O)C(N)CCC(=O)O)C(=O)NC(CC(=O)O)C(=O)NC(Cc1c[nH]c2ccccc12)C(=O)O. The molecule has 1 aromatic carbocycles. The van der Waals surface area contributed by atoms with E-state index in [0.29, 0.717) is 5.56 Å². The number of aromatic amines is 1. The number of H-pyrrole nitrogens is 1. The normalized spacial score (nSPS) is 14.2. The molecule has 4 unspecified atom stereocenters. The minimum atomic E-state index is -1.65. The molecule has 14 heteroatoms. The van der Waals surface area contributed by atoms with Crippen molar-refractivity contribution >= 4 is 46.5 Å². The fourth-order valence-electron chi connectivity index (χ4n) is 3.84. The second-order valence-corrected chi connectivity index (χ2v) is 9.39. The lowest BCUT2D eigenvalue weighted by Crippen LogP contribution is -2.58. The van der Waals surface area contributed by atoms with Crippen molar-refractivity contribution in [1.82, 2.24) is 20.9 Å². The van der Waals surface area contributed by atoms with Crippen LogP contribution in [0.1, 0.15) is 38.7 Å². The molecule has 0 spiro atoms. The molecule has 0 radical (unpaired) electrons. The number of fused-ring (bicyclic) bond motifs is 1. The second-order valence-electron chi connectivity index (χ2n) is 9.39. The predicted octanol–water partition coefficient (Wildman–Crippen LogP) is -0.428. The molecule has 9 N–H and O–H groups in total. The molecule has 0 aliphatic carbocycles. The van der Waals surface area contributed by atoms with Gasteiger partial charge in [-0.05, 0) is 24.0 Å². The Balaban J connectivity index is 2.15. The summed E-state index contributed by atoms with van der Waals surface area (Å²) in [6, 6.07) is 1.62. The van der Waals surface area contributed by atoms with Gasteiger partial charge in [-0.25, -0.2) is 4.79 Å². The van der Waals surface area contributed by atoms with Crippen LogP contribution in [0.5, 0.6) is 0 Å². The highest BCUT2D eigenvalue weighted by atomic mass is 16.4. The fourth-order valence-corrected chi connectivity index (χ4v) is 3.84. The van der Waals surface area contributed by atoms with Crippen LogP contribution >= 0.6 is 0 Å². The fraction of sp³-hybridized carbons (Fsp3) is 0.440. The molecule has 14 nitrogen and oxygen atoms in total. The van der Waals surface area contributed by atoms with Crippen molar-refractivity contribution in [1.29, 1.82) is 0 Å². The monoisotopic (exact) mass is 547 g/mol. The lowest BCUT2D eigenvalue weighted by atomic mass is 10.0. The Morgan fingerprint density at radius 2 is 1.51 bits per heavy atom. The lowest BCUT2D eigenvalue weighted by Gasteiger charge is -2.26. The van der Waals surface area contributed by atoms with Crippen molar-refractivity contribution in [2.24, 2.45) is 11.7 Å². The van der Waals surface area contributed by atoms with E-state index in [2.05, 4.69) is 20.9 Å². The van der Waals surface area contributed by atoms with E-state index >= 15 is 0 Å². The number of aromatic nitrogens is 1. The van der Waals surface area contributed by atoms with Gasteiger partial charge in [0.15, 0.2) is 0 Å². The molecule has 0 saturated heterocycles. The van der Waals surface area contributed by atoms with Gasteiger partial charge in [0.2, 0.25) is 17.7 Å². The summed E-state index contributed by atoms with van der Waals surface area (Å²) < 4.78 is 0. The van der Waals surface area contributed by atoms with E-state index < -0.39 is 72.1 Å². The third kappa shape index (κ3) is 9.10. The van der Waals surface area contributed by atoms with E-state index in [-0.39, 0.29) is 19.3 Å². The first-order valence-corrected chi connectivity index (χ1v) is 12.2. The van der Waals surface area contributed by atoms with Gasteiger partial charge < -0.3 is 42.0 Å². The Kier molecular flexibility index (Phi) is 11.0. The number of amides is 3. The summed E-state index contributed by atoms with van der Waals surface area (Å²) in [5, 5.41) is 35.5. The van der Waals surface area contributed by atoms with E-state index in [1.807, 2.05) is 0 Å². The minimum absolute atomic E-state index is 0.113. The summed E-state index contributed by atoms with van der Waals surface area (Å²) in [5.41, 5.74) is 7.07. The van der Waals surface area contributed by atoms with E-state index in [1.54, 1.807) is 44.3 Å². The molecule has 0 aliphatic heterocycles. The second kappa shape index (κ2) is 13.9. The predicted molar refractivity (Wildman–Crippen MR) is 137 cm³/mol. The van der Waals surface area contributed by atoms with Gasteiger partial charge in [0.25, 0.3) is 0 Å². The third-order valence-corrected chi connectivity index (χ3v) is 5.98. The van der Waals surface area contributed by atoms with Crippen LogP contribution < -0.4 is 21.7 Å². The zero-order valence-corrected chi connectivity index (χ0v) is 21.5. The number of aliphatic carboxylic acids is 3. The van der Waals surface area contributed by atoms with Gasteiger partial charge in [-0.15, -0.1) is 0 Å². The summed E-state index contributed by atoms with van der Waals surface area (Å²) in [7, 11) is 0. The molecule has 1 heterocycles. The van der Waals surface area contributed by atoms with Gasteiger partial charge in [-0.1, -0.05) is 32.0 Å². The number of nitrogens with two attached hydrogens (primary N) is 1. The van der Waals surface area contributed by atoms with Crippen LogP contribution in [0.2, 0.25) is 0 Å². The van der Waals surface area contributed by atoms with Gasteiger partial charge in [0.05, 0.1) is 12.5 Å². The number of hydrogen-bond acceptors (Lipinski definition) is 7. The summed E-state index contributed by atoms with van der Waals surface area (Å²) in [6.45, 7) is 3.17. The summed E-state index contributed by atoms with van der Waals surface area (Å²) in [5.74, 6) is -7.20. The van der Waals surface area contributed by atoms with Crippen molar-refractivity contribution in [2.45, 2.75) is 63.7 Å². The smallest absolute Gasteiger partial charge is 0.326 e. The Hall–Kier alpha value is -4.46. The highest BCUT2D eigenvalue weighted by Gasteiger charge is 2.33. The van der Waals surface area contributed by atoms with Crippen LogP contribution in [-0.4, -0.2) is 80.1 Å². The topological polar surface area (TPSA) is 241 Å². The first-order valence-electron chi connectivity index (χ1n) is 12.2. The summed E-state index contributed by atoms with van der Waals surface area (Å²) >= 11 is 0. The Morgan fingerprint density at radius 3 is 2.10 bits per heavy atom. The Labute approximate surface area is 223 Å². The molecule has 39 heavy (non-hydrogen) atoms. The van der Waals surface area contributed by atoms with E-state index in [4.69, 9.17) is 10.8 Å². The quantitative estimate of drug-likeness (QED) is 0.143. The first-order chi connectivity index (χ1) is 18.3. The largest absolute Gasteiger partial charge is 0.481 e. The van der Waals surface area contributed by atoms with Gasteiger partial charge in [-0.2, -0.15) is 0 Å². The molecular formula is C25H33N5O9. The van der Waals surface area contributed by atoms with Crippen LogP contribution in [0.15, 0.2) is 30.5 Å². The molecule has 0 saturated carbocycles. The van der Waals surface area contributed by atoms with Gasteiger partial charge in [0.1, 0.15) is 18.1 Å². The molecular weight excluding hydrogens is 514 g/mol. The zero-order valence-electron chi connectivity index (χ0n) is 21.5. The number of para-hydroxylation sites is 1. The maximum absolute atomic E-state index is 13.0. The molecule has 0 bridgehead atoms. The molecule has 3 amide bonds. The van der Waals surface area contributed by atoms with Gasteiger partial charge in [0, 0.05) is 29.9 Å². The van der Waals surface area contributed by atoms with Crippen LogP contribution in [0.4, 0.5) is 0 Å². The van der Waals surface area contributed by atoms with Crippen LogP contribution in [0.25, 0.3) is 10.9 Å². The average Bonchev–Trinajstić information content (AvgIpc) is 3.26. The van der Waals surface area contributed by atoms with Crippen LogP contribution in [0, 0.1) is 5.92 Å². The van der Waals surface area contributed by atoms with Crippen molar-refractivity contribution in [3.05, 3.63) is 36.0 Å². The average molecular weight is 548 g/mol. The number of carbonyl (C=O) groups is 6. The minimum Gasteiger partial charge on any atom is -0.481 e. The molecule has 0 aliphatic rings. The standard InChI is InChI=1S/C25H33N5O9/c1-12(2)21(30-22(35)15(26)7-8-19(31)32)24(37)28-17(10-20(33)34)23(36)29-18(25(38)39)9-13-11-27-16-6-4-3-5-14(13)16/h3-6,11-12,15,17-18,21,27H,7-10,26H2,1-2H3,(H,28,37)(H,29,36)(H,30,35)(H,31,32)(H,33,34)(H,38,39). The van der Waals surface area contributed by atoms with Gasteiger partial charge >= 0.3 is 17.9 Å². The van der Waals surface area contributed by atoms with E-state index in [9.17, 15) is 39.0 Å². The number of nitrogens with one attached hydrogen (secondary N) is 4. The Bertz CT molecular complexity index is 1230. The number of carboxylic acids is 3. The van der Waals surface area contributed by atoms with Crippen LogP contribution in [0.3, 0.4) is 0 Å². The molecule has 1 aromatic heterocycles. The summed E-state index contributed by atoms with van der Waals surface area (Å²) in [6.07, 6.45) is 0.105. The van der Waals surface area contributed by atoms with Crippen molar-refractivity contribution in [2.75, 3.05) is 0 Å². The number of rotatable bonds is 15. The molecule has 2 aromatic rings. The molecule has 2 rings (SSSR count). The maximum atomic E-state index is 13.0. The van der Waals surface area contributed by atoms with E-state index in [1.165, 1.54) is 0 Å².